The average molecular weight is 416 g/mol. The Bertz CT molecular complexity index is 765. The highest BCUT2D eigenvalue weighted by atomic mass is 16.3. The van der Waals surface area contributed by atoms with Crippen LogP contribution in [0.5, 0.6) is 0 Å². The molecule has 0 saturated heterocycles. The minimum atomic E-state index is 0.106. The first-order valence-corrected chi connectivity index (χ1v) is 12.4. The maximum atomic E-state index is 10.5. The van der Waals surface area contributed by atoms with Crippen molar-refractivity contribution in [2.45, 2.75) is 86.6 Å². The van der Waals surface area contributed by atoms with Gasteiger partial charge in [-0.3, -0.25) is 4.68 Å². The van der Waals surface area contributed by atoms with Gasteiger partial charge in [-0.05, 0) is 96.5 Å². The maximum Gasteiger partial charge on any atom is 0.0524 e. The van der Waals surface area contributed by atoms with Crippen molar-refractivity contribution in [3.8, 4) is 0 Å². The van der Waals surface area contributed by atoms with E-state index in [-0.39, 0.29) is 17.4 Å². The molecule has 0 radical (unpaired) electrons. The Hall–Kier alpha value is -0.870. The molecular weight excluding hydrogens is 370 g/mol. The van der Waals surface area contributed by atoms with Crippen LogP contribution in [0.3, 0.4) is 0 Å². The Morgan fingerprint density at radius 2 is 1.87 bits per heavy atom. The second-order valence-electron chi connectivity index (χ2n) is 12.7. The highest BCUT2D eigenvalue weighted by Gasteiger charge is 2.57. The molecule has 2 saturated carbocycles. The van der Waals surface area contributed by atoms with Crippen LogP contribution in [-0.2, 0) is 19.4 Å². The van der Waals surface area contributed by atoms with Crippen LogP contribution in [0.4, 0.5) is 0 Å². The topological polar surface area (TPSA) is 64.1 Å². The van der Waals surface area contributed by atoms with E-state index in [0.29, 0.717) is 23.2 Å². The lowest BCUT2D eigenvalue weighted by atomic mass is 9.49. The molecule has 3 aliphatic rings. The van der Waals surface area contributed by atoms with Gasteiger partial charge in [0, 0.05) is 18.8 Å². The van der Waals surface area contributed by atoms with Crippen molar-refractivity contribution in [1.29, 1.82) is 0 Å². The Morgan fingerprint density at radius 3 is 2.50 bits per heavy atom. The summed E-state index contributed by atoms with van der Waals surface area (Å²) in [7, 11) is 0. The lowest BCUT2D eigenvalue weighted by Crippen LogP contribution is -2.53. The highest BCUT2D eigenvalue weighted by Crippen LogP contribution is 2.63. The number of aliphatic hydroxyl groups excluding tert-OH is 1. The van der Waals surface area contributed by atoms with Gasteiger partial charge < -0.3 is 10.8 Å². The van der Waals surface area contributed by atoms with E-state index in [1.54, 1.807) is 0 Å². The summed E-state index contributed by atoms with van der Waals surface area (Å²) in [5, 5.41) is 15.3. The minimum Gasteiger partial charge on any atom is -0.396 e. The first kappa shape index (κ1) is 22.3. The van der Waals surface area contributed by atoms with Crippen LogP contribution in [-0.4, -0.2) is 28.0 Å². The standard InChI is InChI=1S/C26H45N3O/c1-17-7-8-21-20(13-27)22(9-10-25(17,21)5)26(6)12-18-14-28-29(16-24(2,3)4)23(18)11-19(26)15-30/h14,17,19-22,30H,7-13,15-16,27H2,1-6H3/t17-,19+,20-,21-,22-,25+,26-/m0/s1. The first-order valence-electron chi connectivity index (χ1n) is 12.4. The molecule has 1 aromatic heterocycles. The minimum absolute atomic E-state index is 0.106. The van der Waals surface area contributed by atoms with Crippen LogP contribution >= 0.6 is 0 Å². The molecule has 1 heterocycles. The summed E-state index contributed by atoms with van der Waals surface area (Å²) in [6, 6.07) is 0. The van der Waals surface area contributed by atoms with E-state index in [2.05, 4.69) is 52.4 Å². The van der Waals surface area contributed by atoms with Crippen LogP contribution in [0, 0.1) is 45.8 Å². The molecule has 0 aliphatic heterocycles. The molecule has 4 heteroatoms. The van der Waals surface area contributed by atoms with Crippen molar-refractivity contribution in [2.75, 3.05) is 13.2 Å². The van der Waals surface area contributed by atoms with E-state index in [1.807, 2.05) is 0 Å². The van der Waals surface area contributed by atoms with E-state index in [4.69, 9.17) is 10.8 Å². The predicted octanol–water partition coefficient (Wildman–Crippen LogP) is 4.68. The van der Waals surface area contributed by atoms with Gasteiger partial charge in [0.05, 0.1) is 6.20 Å². The Labute approximate surface area is 184 Å². The smallest absolute Gasteiger partial charge is 0.0524 e. The Morgan fingerprint density at radius 1 is 1.17 bits per heavy atom. The molecule has 30 heavy (non-hydrogen) atoms. The van der Waals surface area contributed by atoms with E-state index < -0.39 is 0 Å². The molecule has 7 atom stereocenters. The zero-order chi connectivity index (χ0) is 21.9. The summed E-state index contributed by atoms with van der Waals surface area (Å²) < 4.78 is 2.22. The maximum absolute atomic E-state index is 10.5. The number of aromatic nitrogens is 2. The molecule has 1 aromatic rings. The fourth-order valence-corrected chi connectivity index (χ4v) is 7.84. The number of aliphatic hydroxyl groups is 1. The molecule has 4 nitrogen and oxygen atoms in total. The molecule has 170 valence electrons. The average Bonchev–Trinajstić information content (AvgIpc) is 3.18. The number of fused-ring (bicyclic) bond motifs is 2. The third-order valence-corrected chi connectivity index (χ3v) is 9.85. The number of hydrogen-bond acceptors (Lipinski definition) is 3. The van der Waals surface area contributed by atoms with E-state index in [0.717, 1.165) is 37.8 Å². The third-order valence-electron chi connectivity index (χ3n) is 9.85. The Balaban J connectivity index is 1.65. The molecule has 3 aliphatic carbocycles. The predicted molar refractivity (Wildman–Crippen MR) is 123 cm³/mol. The number of nitrogens with two attached hydrogens (primary N) is 1. The summed E-state index contributed by atoms with van der Waals surface area (Å²) in [6.45, 7) is 16.3. The molecule has 0 aromatic carbocycles. The van der Waals surface area contributed by atoms with Gasteiger partial charge >= 0.3 is 0 Å². The van der Waals surface area contributed by atoms with Crippen molar-refractivity contribution in [2.24, 2.45) is 51.6 Å². The first-order chi connectivity index (χ1) is 14.0. The zero-order valence-corrected chi connectivity index (χ0v) is 20.2. The van der Waals surface area contributed by atoms with E-state index >= 15 is 0 Å². The normalized spacial score (nSPS) is 41.5. The van der Waals surface area contributed by atoms with Gasteiger partial charge in [0.25, 0.3) is 0 Å². The lowest BCUT2D eigenvalue weighted by molar-refractivity contribution is -0.0693. The molecular formula is C26H45N3O. The summed E-state index contributed by atoms with van der Waals surface area (Å²) in [4.78, 5) is 0. The molecule has 4 rings (SSSR count). The largest absolute Gasteiger partial charge is 0.396 e. The third kappa shape index (κ3) is 3.46. The number of rotatable bonds is 4. The van der Waals surface area contributed by atoms with Gasteiger partial charge in [0.1, 0.15) is 0 Å². The van der Waals surface area contributed by atoms with Crippen LogP contribution in [0.15, 0.2) is 6.20 Å². The fourth-order valence-electron chi connectivity index (χ4n) is 7.84. The van der Waals surface area contributed by atoms with Gasteiger partial charge in [-0.15, -0.1) is 0 Å². The summed E-state index contributed by atoms with van der Waals surface area (Å²) >= 11 is 0. The quantitative estimate of drug-likeness (QED) is 0.750. The molecule has 0 bridgehead atoms. The highest BCUT2D eigenvalue weighted by molar-refractivity contribution is 5.26. The van der Waals surface area contributed by atoms with E-state index in [1.165, 1.54) is 36.9 Å². The molecule has 0 amide bonds. The van der Waals surface area contributed by atoms with Gasteiger partial charge in [-0.25, -0.2) is 0 Å². The molecule has 0 spiro atoms. The fraction of sp³-hybridized carbons (Fsp3) is 0.885. The van der Waals surface area contributed by atoms with Gasteiger partial charge in [0.2, 0.25) is 0 Å². The van der Waals surface area contributed by atoms with Crippen LogP contribution in [0.25, 0.3) is 0 Å². The van der Waals surface area contributed by atoms with Crippen molar-refractivity contribution in [1.82, 2.24) is 9.78 Å². The van der Waals surface area contributed by atoms with Gasteiger partial charge in [0.15, 0.2) is 0 Å². The summed E-state index contributed by atoms with van der Waals surface area (Å²) in [5.74, 6) is 3.04. The lowest BCUT2D eigenvalue weighted by Gasteiger charge is -2.56. The Kier molecular flexibility index (Phi) is 5.67. The second-order valence-corrected chi connectivity index (χ2v) is 12.7. The van der Waals surface area contributed by atoms with Crippen LogP contribution in [0.1, 0.15) is 78.5 Å². The van der Waals surface area contributed by atoms with Crippen molar-refractivity contribution in [3.05, 3.63) is 17.5 Å². The van der Waals surface area contributed by atoms with Crippen molar-refractivity contribution in [3.63, 3.8) is 0 Å². The van der Waals surface area contributed by atoms with Crippen LogP contribution < -0.4 is 5.73 Å². The summed E-state index contributed by atoms with van der Waals surface area (Å²) in [5.41, 5.74) is 10.0. The van der Waals surface area contributed by atoms with Crippen molar-refractivity contribution >= 4 is 0 Å². The molecule has 3 N–H and O–H groups in total. The van der Waals surface area contributed by atoms with Crippen LogP contribution in [0.2, 0.25) is 0 Å². The molecule has 0 unspecified atom stereocenters. The zero-order valence-electron chi connectivity index (χ0n) is 20.2. The van der Waals surface area contributed by atoms with Crippen molar-refractivity contribution < 1.29 is 5.11 Å². The van der Waals surface area contributed by atoms with E-state index in [9.17, 15) is 5.11 Å². The number of nitrogens with zero attached hydrogens (tertiary/aromatic N) is 2. The molecule has 2 fully saturated rings. The SMILES string of the molecule is C[C@H]1CC[C@H]2[C@H](CN)[C@@H]([C@@]3(C)Cc4cnn(CC(C)(C)C)c4C[C@@H]3CO)CC[C@]12C. The monoisotopic (exact) mass is 415 g/mol. The van der Waals surface area contributed by atoms with Gasteiger partial charge in [-0.1, -0.05) is 41.5 Å². The van der Waals surface area contributed by atoms with Gasteiger partial charge in [-0.2, -0.15) is 5.10 Å². The number of hydrogen-bond donors (Lipinski definition) is 2. The second kappa shape index (κ2) is 7.62. The summed E-state index contributed by atoms with van der Waals surface area (Å²) in [6.07, 6.45) is 9.39.